The van der Waals surface area contributed by atoms with E-state index in [0.29, 0.717) is 25.0 Å². The van der Waals surface area contributed by atoms with Crippen molar-refractivity contribution in [2.24, 2.45) is 4.99 Å². The second-order valence-corrected chi connectivity index (χ2v) is 9.53. The molecular weight excluding hydrogens is 541 g/mol. The Morgan fingerprint density at radius 1 is 1.16 bits per heavy atom. The van der Waals surface area contributed by atoms with Crippen LogP contribution in [0.2, 0.25) is 0 Å². The van der Waals surface area contributed by atoms with Crippen LogP contribution in [0.1, 0.15) is 69.4 Å². The molecule has 1 aliphatic rings. The van der Waals surface area contributed by atoms with Crippen molar-refractivity contribution < 1.29 is 12.9 Å². The second-order valence-electron chi connectivity index (χ2n) is 7.82. The van der Waals surface area contributed by atoms with Gasteiger partial charge in [0.2, 0.25) is 10.0 Å². The number of nitrogens with one attached hydrogen (secondary N) is 3. The van der Waals surface area contributed by atoms with Gasteiger partial charge in [-0.2, -0.15) is 0 Å². The minimum atomic E-state index is -3.43. The first kappa shape index (κ1) is 26.6. The lowest BCUT2D eigenvalue weighted by Gasteiger charge is -2.10. The van der Waals surface area contributed by atoms with Crippen molar-refractivity contribution in [1.29, 1.82) is 0 Å². The van der Waals surface area contributed by atoms with Crippen LogP contribution in [0.4, 0.5) is 0 Å². The molecule has 0 unspecified atom stereocenters. The molecule has 32 heavy (non-hydrogen) atoms. The predicted molar refractivity (Wildman–Crippen MR) is 137 cm³/mol. The lowest BCUT2D eigenvalue weighted by molar-refractivity contribution is 0.368. The summed E-state index contributed by atoms with van der Waals surface area (Å²) in [6.45, 7) is 7.96. The van der Waals surface area contributed by atoms with E-state index in [1.807, 2.05) is 13.0 Å². The van der Waals surface area contributed by atoms with Crippen LogP contribution >= 0.6 is 24.0 Å². The molecule has 3 rings (SSSR count). The van der Waals surface area contributed by atoms with Crippen molar-refractivity contribution >= 4 is 40.0 Å². The average molecular weight is 576 g/mol. The van der Waals surface area contributed by atoms with Crippen molar-refractivity contribution in [3.05, 3.63) is 47.3 Å². The Hall–Kier alpha value is -1.66. The number of halogens is 1. The van der Waals surface area contributed by atoms with E-state index < -0.39 is 10.0 Å². The van der Waals surface area contributed by atoms with Gasteiger partial charge in [-0.15, -0.1) is 24.0 Å². The molecule has 0 aliphatic heterocycles. The molecule has 1 aliphatic carbocycles. The van der Waals surface area contributed by atoms with E-state index in [4.69, 9.17) is 4.52 Å². The van der Waals surface area contributed by atoms with Gasteiger partial charge in [-0.3, -0.25) is 0 Å². The van der Waals surface area contributed by atoms with Crippen LogP contribution in [0.15, 0.2) is 44.7 Å². The summed E-state index contributed by atoms with van der Waals surface area (Å²) in [6, 6.07) is 8.95. The monoisotopic (exact) mass is 575 g/mol. The predicted octanol–water partition coefficient (Wildman–Crippen LogP) is 3.89. The number of hydrogen-bond acceptors (Lipinski definition) is 5. The summed E-state index contributed by atoms with van der Waals surface area (Å²) in [5.41, 5.74) is 1.92. The van der Waals surface area contributed by atoms with E-state index in [-0.39, 0.29) is 34.9 Å². The highest BCUT2D eigenvalue weighted by Gasteiger charge is 2.27. The number of aliphatic imine (C=N–C) groups is 1. The smallest absolute Gasteiger partial charge is 0.240 e. The molecule has 1 fully saturated rings. The summed E-state index contributed by atoms with van der Waals surface area (Å²) < 4.78 is 32.7. The van der Waals surface area contributed by atoms with Crippen molar-refractivity contribution in [2.75, 3.05) is 6.54 Å². The van der Waals surface area contributed by atoms with E-state index in [2.05, 4.69) is 39.4 Å². The van der Waals surface area contributed by atoms with Crippen molar-refractivity contribution in [3.63, 3.8) is 0 Å². The number of sulfonamides is 1. The van der Waals surface area contributed by atoms with Gasteiger partial charge in [0.25, 0.3) is 0 Å². The third-order valence-corrected chi connectivity index (χ3v) is 6.84. The summed E-state index contributed by atoms with van der Waals surface area (Å²) in [6.07, 6.45) is 3.91. The van der Waals surface area contributed by atoms with Crippen LogP contribution in [0.25, 0.3) is 0 Å². The third-order valence-electron chi connectivity index (χ3n) is 5.31. The Kier molecular flexibility index (Phi) is 10.4. The summed E-state index contributed by atoms with van der Waals surface area (Å²) >= 11 is 0. The van der Waals surface area contributed by atoms with Crippen LogP contribution in [-0.4, -0.2) is 32.1 Å². The minimum Gasteiger partial charge on any atom is -0.359 e. The van der Waals surface area contributed by atoms with Crippen LogP contribution < -0.4 is 15.4 Å². The largest absolute Gasteiger partial charge is 0.359 e. The summed E-state index contributed by atoms with van der Waals surface area (Å²) in [5, 5.41) is 10.7. The van der Waals surface area contributed by atoms with Gasteiger partial charge in [-0.1, -0.05) is 31.1 Å². The van der Waals surface area contributed by atoms with Gasteiger partial charge >= 0.3 is 0 Å². The van der Waals surface area contributed by atoms with Gasteiger partial charge in [0.15, 0.2) is 11.7 Å². The SMILES string of the molecule is CCNC(=NCc1ccc(S(=O)(=O)NC2CC2)cc1)NCc1cc(C(CC)CC)no1.I. The molecule has 0 spiro atoms. The van der Waals surface area contributed by atoms with Crippen molar-refractivity contribution in [3.8, 4) is 0 Å². The maximum Gasteiger partial charge on any atom is 0.240 e. The first-order valence-electron chi connectivity index (χ1n) is 11.0. The summed E-state index contributed by atoms with van der Waals surface area (Å²) in [7, 11) is -3.43. The Labute approximate surface area is 208 Å². The number of benzene rings is 1. The lowest BCUT2D eigenvalue weighted by Crippen LogP contribution is -2.36. The highest BCUT2D eigenvalue weighted by Crippen LogP contribution is 2.23. The van der Waals surface area contributed by atoms with E-state index in [1.165, 1.54) is 0 Å². The molecule has 0 bridgehead atoms. The Bertz CT molecular complexity index is 968. The molecule has 0 saturated heterocycles. The zero-order valence-electron chi connectivity index (χ0n) is 18.9. The van der Waals surface area contributed by atoms with E-state index >= 15 is 0 Å². The van der Waals surface area contributed by atoms with Crippen LogP contribution in [0.3, 0.4) is 0 Å². The molecule has 1 aromatic heterocycles. The molecule has 1 heterocycles. The number of nitrogens with zero attached hydrogens (tertiary/aromatic N) is 2. The first-order chi connectivity index (χ1) is 14.9. The molecule has 10 heteroatoms. The fourth-order valence-electron chi connectivity index (χ4n) is 3.26. The van der Waals surface area contributed by atoms with Crippen LogP contribution in [-0.2, 0) is 23.1 Å². The molecule has 0 radical (unpaired) electrons. The van der Waals surface area contributed by atoms with Gasteiger partial charge < -0.3 is 15.2 Å². The van der Waals surface area contributed by atoms with Gasteiger partial charge in [-0.05, 0) is 50.3 Å². The zero-order valence-corrected chi connectivity index (χ0v) is 22.1. The molecule has 3 N–H and O–H groups in total. The number of rotatable bonds is 11. The zero-order chi connectivity index (χ0) is 22.3. The fraction of sp³-hybridized carbons (Fsp3) is 0.545. The maximum absolute atomic E-state index is 12.3. The number of hydrogen-bond donors (Lipinski definition) is 3. The quantitative estimate of drug-likeness (QED) is 0.213. The van der Waals surface area contributed by atoms with Crippen LogP contribution in [0, 0.1) is 0 Å². The highest BCUT2D eigenvalue weighted by molar-refractivity contribution is 14.0. The molecule has 2 aromatic rings. The average Bonchev–Trinajstić information content (AvgIpc) is 3.44. The summed E-state index contributed by atoms with van der Waals surface area (Å²) in [5.74, 6) is 1.85. The van der Waals surface area contributed by atoms with Crippen molar-refractivity contribution in [2.45, 2.75) is 76.4 Å². The van der Waals surface area contributed by atoms with E-state index in [0.717, 1.165) is 49.2 Å². The molecule has 0 amide bonds. The molecular formula is C22H34IN5O3S. The molecule has 178 valence electrons. The fourth-order valence-corrected chi connectivity index (χ4v) is 4.56. The van der Waals surface area contributed by atoms with Gasteiger partial charge in [0, 0.05) is 24.6 Å². The summed E-state index contributed by atoms with van der Waals surface area (Å²) in [4.78, 5) is 4.88. The number of aromatic nitrogens is 1. The van der Waals surface area contributed by atoms with Gasteiger partial charge in [0.05, 0.1) is 23.7 Å². The Balaban J connectivity index is 0.00000363. The molecule has 1 aromatic carbocycles. The number of guanidine groups is 1. The third kappa shape index (κ3) is 7.73. The van der Waals surface area contributed by atoms with Crippen LogP contribution in [0.5, 0.6) is 0 Å². The standard InChI is InChI=1S/C22H33N5O3S.HI/c1-4-17(5-2)21-13-19(30-26-21)15-25-22(23-6-3)24-14-16-7-11-20(12-8-16)31(28,29)27-18-9-10-18;/h7-8,11-13,17-18,27H,4-6,9-10,14-15H2,1-3H3,(H2,23,24,25);1H. The maximum atomic E-state index is 12.3. The lowest BCUT2D eigenvalue weighted by atomic mass is 9.99. The van der Waals surface area contributed by atoms with E-state index in [9.17, 15) is 8.42 Å². The second kappa shape index (κ2) is 12.5. The minimum absolute atomic E-state index is 0. The molecule has 0 atom stereocenters. The van der Waals surface area contributed by atoms with E-state index in [1.54, 1.807) is 24.3 Å². The van der Waals surface area contributed by atoms with Gasteiger partial charge in [-0.25, -0.2) is 18.1 Å². The normalized spacial score (nSPS) is 14.3. The highest BCUT2D eigenvalue weighted by atomic mass is 127. The Morgan fingerprint density at radius 2 is 1.84 bits per heavy atom. The molecule has 8 nitrogen and oxygen atoms in total. The molecule has 1 saturated carbocycles. The van der Waals surface area contributed by atoms with Crippen molar-refractivity contribution in [1.82, 2.24) is 20.5 Å². The topological polar surface area (TPSA) is 109 Å². The van der Waals surface area contributed by atoms with Gasteiger partial charge in [0.1, 0.15) is 0 Å². The first-order valence-corrected chi connectivity index (χ1v) is 12.5. The Morgan fingerprint density at radius 3 is 2.44 bits per heavy atom.